The predicted molar refractivity (Wildman–Crippen MR) is 88.3 cm³/mol. The van der Waals surface area contributed by atoms with Crippen LogP contribution in [0.1, 0.15) is 20.3 Å². The first kappa shape index (κ1) is 17.9. The van der Waals surface area contributed by atoms with E-state index >= 15 is 0 Å². The number of rotatable bonds is 7. The summed E-state index contributed by atoms with van der Waals surface area (Å²) in [5.41, 5.74) is 5.89. The molecule has 0 bridgehead atoms. The third-order valence-corrected chi connectivity index (χ3v) is 5.99. The van der Waals surface area contributed by atoms with Crippen LogP contribution in [0, 0.1) is 0 Å². The molecule has 0 amide bonds. The first-order chi connectivity index (χ1) is 9.27. The molecule has 1 rings (SSSR count). The molecular weight excluding hydrogens is 339 g/mol. The summed E-state index contributed by atoms with van der Waals surface area (Å²) in [6.07, 6.45) is 0.738. The Balaban J connectivity index is 2.89. The summed E-state index contributed by atoms with van der Waals surface area (Å²) in [4.78, 5) is -0.120. The lowest BCUT2D eigenvalue weighted by molar-refractivity contribution is 0.557. The van der Waals surface area contributed by atoms with Gasteiger partial charge < -0.3 is 5.73 Å². The first-order valence-electron chi connectivity index (χ1n) is 6.12. The van der Waals surface area contributed by atoms with Crippen molar-refractivity contribution in [2.24, 2.45) is 0 Å². The van der Waals surface area contributed by atoms with Crippen LogP contribution in [-0.4, -0.2) is 26.0 Å². The minimum atomic E-state index is -3.75. The monoisotopic (exact) mass is 356 g/mol. The molecule has 3 N–H and O–H groups in total. The number of nitrogens with one attached hydrogen (secondary N) is 1. The van der Waals surface area contributed by atoms with Crippen molar-refractivity contribution < 1.29 is 8.42 Å². The number of halogens is 2. The number of hydrogen-bond donors (Lipinski definition) is 2. The Labute approximate surface area is 134 Å². The normalized spacial score (nSPS) is 13.4. The Bertz CT molecular complexity index is 542. The Morgan fingerprint density at radius 3 is 2.40 bits per heavy atom. The summed E-state index contributed by atoms with van der Waals surface area (Å²) < 4.78 is 27.2. The van der Waals surface area contributed by atoms with Crippen LogP contribution in [-0.2, 0) is 10.0 Å². The van der Waals surface area contributed by atoms with Crippen molar-refractivity contribution in [2.75, 3.05) is 17.2 Å². The van der Waals surface area contributed by atoms with Crippen molar-refractivity contribution in [3.05, 3.63) is 22.2 Å². The summed E-state index contributed by atoms with van der Waals surface area (Å²) in [5.74, 6) is 1.90. The highest BCUT2D eigenvalue weighted by atomic mass is 35.5. The molecule has 0 spiro atoms. The van der Waals surface area contributed by atoms with Crippen LogP contribution in [0.25, 0.3) is 0 Å². The topological polar surface area (TPSA) is 72.2 Å². The van der Waals surface area contributed by atoms with Gasteiger partial charge in [-0.15, -0.1) is 0 Å². The van der Waals surface area contributed by atoms with Gasteiger partial charge in [-0.05, 0) is 37.0 Å². The van der Waals surface area contributed by atoms with Crippen molar-refractivity contribution in [3.63, 3.8) is 0 Å². The van der Waals surface area contributed by atoms with Crippen molar-refractivity contribution >= 4 is 50.7 Å². The van der Waals surface area contributed by atoms with Crippen molar-refractivity contribution in [3.8, 4) is 0 Å². The minimum absolute atomic E-state index is 0.0256. The fourth-order valence-corrected chi connectivity index (χ4v) is 4.94. The summed E-state index contributed by atoms with van der Waals surface area (Å²) in [6, 6.07) is 2.56. The van der Waals surface area contributed by atoms with E-state index in [2.05, 4.69) is 11.6 Å². The summed E-state index contributed by atoms with van der Waals surface area (Å²) in [7, 11) is -3.75. The number of hydrogen-bond acceptors (Lipinski definition) is 4. The maximum Gasteiger partial charge on any atom is 0.243 e. The van der Waals surface area contributed by atoms with E-state index in [0.717, 1.165) is 17.9 Å². The quantitative estimate of drug-likeness (QED) is 0.580. The molecule has 0 saturated heterocycles. The average Bonchev–Trinajstić information content (AvgIpc) is 2.26. The summed E-state index contributed by atoms with van der Waals surface area (Å²) in [5, 5.41) is 0.0512. The fourth-order valence-electron chi connectivity index (χ4n) is 1.62. The predicted octanol–water partition coefficient (Wildman–Crippen LogP) is 3.39. The smallest absolute Gasteiger partial charge is 0.243 e. The van der Waals surface area contributed by atoms with Crippen molar-refractivity contribution in [1.82, 2.24) is 4.72 Å². The van der Waals surface area contributed by atoms with Gasteiger partial charge in [0.1, 0.15) is 4.90 Å². The Kier molecular flexibility index (Phi) is 6.94. The van der Waals surface area contributed by atoms with Gasteiger partial charge in [0, 0.05) is 11.7 Å². The second-order valence-corrected chi connectivity index (χ2v) is 8.18. The number of thioether (sulfide) groups is 1. The zero-order valence-electron chi connectivity index (χ0n) is 11.3. The standard InChI is InChI=1S/C12H18Cl2N2O2S2/c1-3-19-5-4-8(2)16-20(17,18)12-10(13)6-9(15)7-11(12)14/h6-8,16H,3-5,15H2,1-2H3. The molecule has 4 nitrogen and oxygen atoms in total. The molecule has 1 aromatic carbocycles. The molecule has 0 saturated carbocycles. The zero-order chi connectivity index (χ0) is 15.3. The lowest BCUT2D eigenvalue weighted by atomic mass is 10.3. The van der Waals surface area contributed by atoms with E-state index in [1.54, 1.807) is 11.8 Å². The number of sulfonamides is 1. The maximum absolute atomic E-state index is 12.3. The molecule has 1 aromatic rings. The largest absolute Gasteiger partial charge is 0.399 e. The molecule has 0 fully saturated rings. The zero-order valence-corrected chi connectivity index (χ0v) is 14.5. The molecule has 0 heterocycles. The minimum Gasteiger partial charge on any atom is -0.399 e. The lowest BCUT2D eigenvalue weighted by Crippen LogP contribution is -2.33. The van der Waals surface area contributed by atoms with Gasteiger partial charge in [0.05, 0.1) is 10.0 Å². The average molecular weight is 357 g/mol. The van der Waals surface area contributed by atoms with Gasteiger partial charge in [0.25, 0.3) is 0 Å². The highest BCUT2D eigenvalue weighted by molar-refractivity contribution is 7.99. The van der Waals surface area contributed by atoms with Crippen LogP contribution < -0.4 is 10.5 Å². The maximum atomic E-state index is 12.3. The summed E-state index contributed by atoms with van der Waals surface area (Å²) >= 11 is 13.6. The van der Waals surface area contributed by atoms with Gasteiger partial charge in [-0.2, -0.15) is 11.8 Å². The second kappa shape index (κ2) is 7.75. The molecule has 114 valence electrons. The van der Waals surface area contributed by atoms with Crippen molar-refractivity contribution in [1.29, 1.82) is 0 Å². The molecule has 0 radical (unpaired) electrons. The second-order valence-electron chi connectivity index (χ2n) is 4.32. The summed E-state index contributed by atoms with van der Waals surface area (Å²) in [6.45, 7) is 3.88. The van der Waals surface area contributed by atoms with E-state index in [-0.39, 0.29) is 21.0 Å². The van der Waals surface area contributed by atoms with E-state index in [9.17, 15) is 8.42 Å². The lowest BCUT2D eigenvalue weighted by Gasteiger charge is -2.16. The number of nitrogens with two attached hydrogens (primary N) is 1. The SMILES string of the molecule is CCSCCC(C)NS(=O)(=O)c1c(Cl)cc(N)cc1Cl. The van der Waals surface area contributed by atoms with E-state index in [0.29, 0.717) is 5.69 Å². The first-order valence-corrected chi connectivity index (χ1v) is 9.52. The molecule has 1 atom stereocenters. The fraction of sp³-hybridized carbons (Fsp3) is 0.500. The Hall–Kier alpha value is -0.140. The third-order valence-electron chi connectivity index (χ3n) is 2.55. The number of benzene rings is 1. The van der Waals surface area contributed by atoms with Crippen LogP contribution in [0.4, 0.5) is 5.69 Å². The van der Waals surface area contributed by atoms with Crippen molar-refractivity contribution in [2.45, 2.75) is 31.2 Å². The molecule has 20 heavy (non-hydrogen) atoms. The Morgan fingerprint density at radius 1 is 1.35 bits per heavy atom. The van der Waals surface area contributed by atoms with Crippen LogP contribution in [0.2, 0.25) is 10.0 Å². The van der Waals surface area contributed by atoms with E-state index in [4.69, 9.17) is 28.9 Å². The van der Waals surface area contributed by atoms with Crippen LogP contribution in [0.15, 0.2) is 17.0 Å². The van der Waals surface area contributed by atoms with Gasteiger partial charge in [-0.25, -0.2) is 13.1 Å². The van der Waals surface area contributed by atoms with Crippen LogP contribution in [0.3, 0.4) is 0 Å². The van der Waals surface area contributed by atoms with E-state index < -0.39 is 10.0 Å². The highest BCUT2D eigenvalue weighted by Crippen LogP contribution is 2.31. The Morgan fingerprint density at radius 2 is 1.90 bits per heavy atom. The number of anilines is 1. The van der Waals surface area contributed by atoms with Gasteiger partial charge in [0.15, 0.2) is 0 Å². The molecule has 8 heteroatoms. The van der Waals surface area contributed by atoms with E-state index in [1.807, 2.05) is 6.92 Å². The third kappa shape index (κ3) is 5.00. The molecule has 1 unspecified atom stereocenters. The van der Waals surface area contributed by atoms with E-state index in [1.165, 1.54) is 12.1 Å². The number of nitrogen functional groups attached to an aromatic ring is 1. The van der Waals surface area contributed by atoms with Crippen LogP contribution >= 0.6 is 35.0 Å². The molecule has 0 aliphatic heterocycles. The molecular formula is C12H18Cl2N2O2S2. The van der Waals surface area contributed by atoms with Gasteiger partial charge in [-0.1, -0.05) is 30.1 Å². The van der Waals surface area contributed by atoms with Gasteiger partial charge in [0.2, 0.25) is 10.0 Å². The molecule has 0 aromatic heterocycles. The van der Waals surface area contributed by atoms with Crippen LogP contribution in [0.5, 0.6) is 0 Å². The molecule has 0 aliphatic carbocycles. The van der Waals surface area contributed by atoms with Gasteiger partial charge in [-0.3, -0.25) is 0 Å². The molecule has 0 aliphatic rings. The highest BCUT2D eigenvalue weighted by Gasteiger charge is 2.24. The van der Waals surface area contributed by atoms with Gasteiger partial charge >= 0.3 is 0 Å².